The lowest BCUT2D eigenvalue weighted by molar-refractivity contribution is -0.142. The molecule has 0 bridgehead atoms. The second-order valence-electron chi connectivity index (χ2n) is 11.1. The Labute approximate surface area is 209 Å². The molecule has 3 aliphatic rings. The lowest BCUT2D eigenvalue weighted by Crippen LogP contribution is -2.49. The molecule has 2 saturated heterocycles. The van der Waals surface area contributed by atoms with Gasteiger partial charge in [0.1, 0.15) is 5.75 Å². The van der Waals surface area contributed by atoms with E-state index in [1.165, 1.54) is 24.8 Å². The highest BCUT2D eigenvalue weighted by Crippen LogP contribution is 2.44. The summed E-state index contributed by atoms with van der Waals surface area (Å²) in [5.41, 5.74) is 1.73. The molecule has 1 saturated carbocycles. The first-order valence-corrected chi connectivity index (χ1v) is 13.2. The summed E-state index contributed by atoms with van der Waals surface area (Å²) in [5.74, 6) is 3.14. The molecule has 186 valence electrons. The Kier molecular flexibility index (Phi) is 6.86. The summed E-state index contributed by atoms with van der Waals surface area (Å²) >= 11 is 0. The average molecular weight is 475 g/mol. The molecule has 2 aromatic carbocycles. The molecule has 3 fully saturated rings. The Bertz CT molecular complexity index is 1030. The van der Waals surface area contributed by atoms with Crippen molar-refractivity contribution in [3.63, 3.8) is 0 Å². The molecule has 0 N–H and O–H groups in total. The van der Waals surface area contributed by atoms with Gasteiger partial charge < -0.3 is 14.5 Å². The van der Waals surface area contributed by atoms with E-state index in [1.54, 1.807) is 7.11 Å². The Morgan fingerprint density at radius 3 is 2.34 bits per heavy atom. The van der Waals surface area contributed by atoms with Crippen LogP contribution < -0.4 is 4.74 Å². The van der Waals surface area contributed by atoms with Crippen LogP contribution in [0.4, 0.5) is 0 Å². The number of rotatable bonds is 5. The van der Waals surface area contributed by atoms with E-state index < -0.39 is 0 Å². The van der Waals surface area contributed by atoms with E-state index in [2.05, 4.69) is 36.1 Å². The Hall–Kier alpha value is -2.82. The summed E-state index contributed by atoms with van der Waals surface area (Å²) < 4.78 is 5.31. The highest BCUT2D eigenvalue weighted by molar-refractivity contribution is 5.94. The second-order valence-corrected chi connectivity index (χ2v) is 11.1. The number of methoxy groups -OCH3 is 1. The summed E-state index contributed by atoms with van der Waals surface area (Å²) in [6, 6.07) is 18.0. The number of fused-ring (bicyclic) bond motifs is 1. The van der Waals surface area contributed by atoms with Crippen LogP contribution in [-0.2, 0) is 11.2 Å². The van der Waals surface area contributed by atoms with Crippen LogP contribution >= 0.6 is 0 Å². The minimum absolute atomic E-state index is 0.0775. The van der Waals surface area contributed by atoms with Crippen molar-refractivity contribution in [3.05, 3.63) is 65.7 Å². The number of hydrogen-bond acceptors (Lipinski definition) is 3. The van der Waals surface area contributed by atoms with Gasteiger partial charge in [0.25, 0.3) is 5.91 Å². The predicted molar refractivity (Wildman–Crippen MR) is 137 cm³/mol. The molecule has 2 heterocycles. The molecule has 0 spiro atoms. The first kappa shape index (κ1) is 23.9. The zero-order valence-electron chi connectivity index (χ0n) is 21.1. The SMILES string of the molecule is COc1ccc(C[C@H]2CCC[C@@H]3CN(C(=O)C4(C)CCN(C(=O)c5ccccc5)CC4)C[C@H]23)cc1. The smallest absolute Gasteiger partial charge is 0.253 e. The van der Waals surface area contributed by atoms with Crippen LogP contribution in [0.3, 0.4) is 0 Å². The largest absolute Gasteiger partial charge is 0.497 e. The van der Waals surface area contributed by atoms with E-state index >= 15 is 0 Å². The fraction of sp³-hybridized carbons (Fsp3) is 0.533. The number of ether oxygens (including phenoxy) is 1. The number of hydrogen-bond donors (Lipinski definition) is 0. The third kappa shape index (κ3) is 4.96. The van der Waals surface area contributed by atoms with E-state index in [9.17, 15) is 9.59 Å². The number of likely N-dealkylation sites (tertiary alicyclic amines) is 2. The van der Waals surface area contributed by atoms with Gasteiger partial charge in [-0.25, -0.2) is 0 Å². The van der Waals surface area contributed by atoms with Gasteiger partial charge >= 0.3 is 0 Å². The zero-order chi connectivity index (χ0) is 24.4. The molecule has 1 aliphatic carbocycles. The highest BCUT2D eigenvalue weighted by atomic mass is 16.5. The van der Waals surface area contributed by atoms with Crippen LogP contribution in [0.2, 0.25) is 0 Å². The third-order valence-corrected chi connectivity index (χ3v) is 8.88. The van der Waals surface area contributed by atoms with Gasteiger partial charge in [0, 0.05) is 37.2 Å². The molecule has 2 amide bonds. The van der Waals surface area contributed by atoms with Gasteiger partial charge in [-0.2, -0.15) is 0 Å². The Morgan fingerprint density at radius 2 is 1.66 bits per heavy atom. The van der Waals surface area contributed by atoms with Gasteiger partial charge in [0.2, 0.25) is 5.91 Å². The van der Waals surface area contributed by atoms with Crippen molar-refractivity contribution in [2.24, 2.45) is 23.2 Å². The summed E-state index contributed by atoms with van der Waals surface area (Å²) in [6.45, 7) is 5.22. The molecular formula is C30H38N2O3. The normalized spacial score (nSPS) is 25.7. The molecule has 5 rings (SSSR count). The van der Waals surface area contributed by atoms with E-state index in [-0.39, 0.29) is 11.3 Å². The lowest BCUT2D eigenvalue weighted by atomic mass is 9.71. The van der Waals surface area contributed by atoms with Gasteiger partial charge in [-0.1, -0.05) is 43.7 Å². The first-order valence-electron chi connectivity index (χ1n) is 13.2. The average Bonchev–Trinajstić information content (AvgIpc) is 3.34. The third-order valence-electron chi connectivity index (χ3n) is 8.88. The van der Waals surface area contributed by atoms with Crippen molar-refractivity contribution in [1.29, 1.82) is 0 Å². The van der Waals surface area contributed by atoms with Crippen LogP contribution in [0, 0.1) is 23.2 Å². The maximum Gasteiger partial charge on any atom is 0.253 e. The van der Waals surface area contributed by atoms with E-state index in [0.717, 1.165) is 43.7 Å². The molecular weight excluding hydrogens is 436 g/mol. The van der Waals surface area contributed by atoms with Crippen molar-refractivity contribution in [3.8, 4) is 5.75 Å². The standard InChI is InChI=1S/C30H38N2O3/c1-30(15-17-31(18-16-30)28(33)23-7-4-3-5-8-23)29(34)32-20-25-10-6-9-24(27(25)21-32)19-22-11-13-26(35-2)14-12-22/h3-5,7-8,11-14,24-25,27H,6,9-10,15-21H2,1-2H3/t24-,25-,27-/m1/s1. The van der Waals surface area contributed by atoms with Crippen molar-refractivity contribution in [2.75, 3.05) is 33.3 Å². The number of nitrogens with zero attached hydrogens (tertiary/aromatic N) is 2. The zero-order valence-corrected chi connectivity index (χ0v) is 21.1. The quantitative estimate of drug-likeness (QED) is 0.609. The van der Waals surface area contributed by atoms with Crippen LogP contribution in [0.25, 0.3) is 0 Å². The molecule has 3 atom stereocenters. The summed E-state index contributed by atoms with van der Waals surface area (Å²) in [7, 11) is 1.70. The Morgan fingerprint density at radius 1 is 0.943 bits per heavy atom. The van der Waals surface area contributed by atoms with Gasteiger partial charge in [-0.05, 0) is 79.7 Å². The minimum atomic E-state index is -0.369. The minimum Gasteiger partial charge on any atom is -0.497 e. The molecule has 5 heteroatoms. The van der Waals surface area contributed by atoms with Crippen LogP contribution in [0.5, 0.6) is 5.75 Å². The summed E-state index contributed by atoms with van der Waals surface area (Å²) in [5, 5.41) is 0. The molecule has 2 aromatic rings. The number of benzene rings is 2. The second kappa shape index (κ2) is 10.0. The first-order chi connectivity index (χ1) is 17.0. The van der Waals surface area contributed by atoms with Gasteiger partial charge in [0.15, 0.2) is 0 Å². The highest BCUT2D eigenvalue weighted by Gasteiger charge is 2.47. The van der Waals surface area contributed by atoms with Crippen LogP contribution in [0.1, 0.15) is 54.9 Å². The molecule has 0 aromatic heterocycles. The van der Waals surface area contributed by atoms with Crippen molar-refractivity contribution >= 4 is 11.8 Å². The molecule has 0 radical (unpaired) electrons. The fourth-order valence-corrected chi connectivity index (χ4v) is 6.64. The summed E-state index contributed by atoms with van der Waals surface area (Å²) in [6.07, 6.45) is 6.32. The molecule has 5 nitrogen and oxygen atoms in total. The van der Waals surface area contributed by atoms with Gasteiger partial charge in [-0.15, -0.1) is 0 Å². The predicted octanol–water partition coefficient (Wildman–Crippen LogP) is 5.05. The monoisotopic (exact) mass is 474 g/mol. The molecule has 0 unspecified atom stereocenters. The summed E-state index contributed by atoms with van der Waals surface area (Å²) in [4.78, 5) is 30.7. The van der Waals surface area contributed by atoms with Crippen molar-refractivity contribution in [1.82, 2.24) is 9.80 Å². The number of piperidine rings is 1. The lowest BCUT2D eigenvalue weighted by Gasteiger charge is -2.40. The fourth-order valence-electron chi connectivity index (χ4n) is 6.64. The van der Waals surface area contributed by atoms with Gasteiger partial charge in [-0.3, -0.25) is 9.59 Å². The Balaban J connectivity index is 1.20. The van der Waals surface area contributed by atoms with Crippen LogP contribution in [-0.4, -0.2) is 54.9 Å². The number of carbonyl (C=O) groups excluding carboxylic acids is 2. The van der Waals surface area contributed by atoms with Crippen molar-refractivity contribution < 1.29 is 14.3 Å². The maximum atomic E-state index is 13.8. The number of carbonyl (C=O) groups is 2. The van der Waals surface area contributed by atoms with Crippen molar-refractivity contribution in [2.45, 2.75) is 45.4 Å². The topological polar surface area (TPSA) is 49.9 Å². The molecule has 2 aliphatic heterocycles. The maximum absolute atomic E-state index is 13.8. The number of amides is 2. The van der Waals surface area contributed by atoms with Crippen LogP contribution in [0.15, 0.2) is 54.6 Å². The van der Waals surface area contributed by atoms with E-state index in [0.29, 0.717) is 36.8 Å². The van der Waals surface area contributed by atoms with E-state index in [1.807, 2.05) is 35.2 Å². The van der Waals surface area contributed by atoms with E-state index in [4.69, 9.17) is 4.74 Å². The van der Waals surface area contributed by atoms with Gasteiger partial charge in [0.05, 0.1) is 7.11 Å². The molecule has 35 heavy (non-hydrogen) atoms.